The van der Waals surface area contributed by atoms with E-state index in [0.717, 1.165) is 17.9 Å². The van der Waals surface area contributed by atoms with Crippen LogP contribution < -0.4 is 10.1 Å². The van der Waals surface area contributed by atoms with Gasteiger partial charge < -0.3 is 10.1 Å². The van der Waals surface area contributed by atoms with Gasteiger partial charge >= 0.3 is 0 Å². The zero-order valence-electron chi connectivity index (χ0n) is 13.5. The second-order valence-corrected chi connectivity index (χ2v) is 6.41. The van der Waals surface area contributed by atoms with E-state index in [0.29, 0.717) is 5.88 Å². The van der Waals surface area contributed by atoms with Crippen molar-refractivity contribution in [1.82, 2.24) is 10.3 Å². The number of aryl methyl sites for hydroxylation is 1. The molecule has 1 N–H and O–H groups in total. The van der Waals surface area contributed by atoms with Gasteiger partial charge in [-0.2, -0.15) is 0 Å². The predicted octanol–water partition coefficient (Wildman–Crippen LogP) is 4.38. The number of hydrogen-bond acceptors (Lipinski definition) is 3. The third-order valence-electron chi connectivity index (χ3n) is 3.39. The van der Waals surface area contributed by atoms with Crippen LogP contribution in [0.1, 0.15) is 37.5 Å². The second-order valence-electron chi connectivity index (χ2n) is 6.41. The predicted molar refractivity (Wildman–Crippen MR) is 86.8 cm³/mol. The maximum Gasteiger partial charge on any atom is 0.219 e. The quantitative estimate of drug-likeness (QED) is 0.904. The van der Waals surface area contributed by atoms with Crippen LogP contribution in [0.3, 0.4) is 0 Å². The monoisotopic (exact) mass is 284 g/mol. The lowest BCUT2D eigenvalue weighted by molar-refractivity contribution is 0.421. The van der Waals surface area contributed by atoms with E-state index in [1.165, 1.54) is 11.1 Å². The highest BCUT2D eigenvalue weighted by Gasteiger charge is 2.09. The van der Waals surface area contributed by atoms with E-state index in [1.807, 2.05) is 24.3 Å². The summed E-state index contributed by atoms with van der Waals surface area (Å²) < 4.78 is 5.92. The molecule has 0 aliphatic rings. The van der Waals surface area contributed by atoms with E-state index in [4.69, 9.17) is 4.74 Å². The SMILES string of the molecule is Cc1cccc(Oc2cc(CNC(C)(C)C)ccn2)c1C. The van der Waals surface area contributed by atoms with Gasteiger partial charge in [0.15, 0.2) is 0 Å². The molecule has 1 aromatic heterocycles. The average molecular weight is 284 g/mol. The summed E-state index contributed by atoms with van der Waals surface area (Å²) in [7, 11) is 0. The molecule has 0 spiro atoms. The fraction of sp³-hybridized carbons (Fsp3) is 0.389. The van der Waals surface area contributed by atoms with Crippen LogP contribution in [0.25, 0.3) is 0 Å². The Morgan fingerprint density at radius 2 is 1.90 bits per heavy atom. The zero-order chi connectivity index (χ0) is 15.5. The number of ether oxygens (including phenoxy) is 1. The minimum Gasteiger partial charge on any atom is -0.439 e. The summed E-state index contributed by atoms with van der Waals surface area (Å²) in [5, 5.41) is 3.47. The van der Waals surface area contributed by atoms with Crippen molar-refractivity contribution in [2.45, 2.75) is 46.7 Å². The molecule has 0 saturated carbocycles. The number of nitrogens with one attached hydrogen (secondary N) is 1. The largest absolute Gasteiger partial charge is 0.439 e. The summed E-state index contributed by atoms with van der Waals surface area (Å²) in [5.41, 5.74) is 3.63. The lowest BCUT2D eigenvalue weighted by atomic mass is 10.1. The van der Waals surface area contributed by atoms with Crippen molar-refractivity contribution in [2.24, 2.45) is 0 Å². The normalized spacial score (nSPS) is 11.5. The maximum atomic E-state index is 5.92. The van der Waals surface area contributed by atoms with Crippen molar-refractivity contribution < 1.29 is 4.74 Å². The van der Waals surface area contributed by atoms with Crippen LogP contribution in [0.5, 0.6) is 11.6 Å². The van der Waals surface area contributed by atoms with Gasteiger partial charge in [-0.15, -0.1) is 0 Å². The van der Waals surface area contributed by atoms with Gasteiger partial charge in [-0.05, 0) is 63.4 Å². The van der Waals surface area contributed by atoms with Crippen LogP contribution in [0.2, 0.25) is 0 Å². The number of nitrogens with zero attached hydrogens (tertiary/aromatic N) is 1. The van der Waals surface area contributed by atoms with Crippen LogP contribution >= 0.6 is 0 Å². The summed E-state index contributed by atoms with van der Waals surface area (Å²) in [6, 6.07) is 10.1. The Morgan fingerprint density at radius 1 is 1.14 bits per heavy atom. The Bertz CT molecular complexity index is 615. The topological polar surface area (TPSA) is 34.1 Å². The van der Waals surface area contributed by atoms with Crippen molar-refractivity contribution in [3.05, 3.63) is 53.2 Å². The molecule has 0 radical (unpaired) electrons. The minimum absolute atomic E-state index is 0.0947. The Labute approximate surface area is 127 Å². The van der Waals surface area contributed by atoms with Crippen molar-refractivity contribution in [1.29, 1.82) is 0 Å². The molecule has 3 heteroatoms. The molecule has 0 amide bonds. The molecular weight excluding hydrogens is 260 g/mol. The van der Waals surface area contributed by atoms with Crippen molar-refractivity contribution in [3.63, 3.8) is 0 Å². The molecule has 0 bridgehead atoms. The van der Waals surface area contributed by atoms with Crippen LogP contribution in [0, 0.1) is 13.8 Å². The Hall–Kier alpha value is -1.87. The highest BCUT2D eigenvalue weighted by Crippen LogP contribution is 2.25. The first-order valence-electron chi connectivity index (χ1n) is 7.29. The van der Waals surface area contributed by atoms with E-state index in [9.17, 15) is 0 Å². The molecule has 0 aliphatic carbocycles. The third-order valence-corrected chi connectivity index (χ3v) is 3.39. The molecule has 112 valence electrons. The summed E-state index contributed by atoms with van der Waals surface area (Å²) >= 11 is 0. The van der Waals surface area contributed by atoms with Crippen molar-refractivity contribution >= 4 is 0 Å². The van der Waals surface area contributed by atoms with Crippen molar-refractivity contribution in [2.75, 3.05) is 0 Å². The van der Waals surface area contributed by atoms with Gasteiger partial charge in [0.05, 0.1) is 0 Å². The molecule has 0 saturated heterocycles. The van der Waals surface area contributed by atoms with E-state index >= 15 is 0 Å². The highest BCUT2D eigenvalue weighted by molar-refractivity contribution is 5.40. The first kappa shape index (κ1) is 15.5. The van der Waals surface area contributed by atoms with Crippen LogP contribution in [-0.4, -0.2) is 10.5 Å². The van der Waals surface area contributed by atoms with E-state index < -0.39 is 0 Å². The number of benzene rings is 1. The van der Waals surface area contributed by atoms with Crippen LogP contribution in [-0.2, 0) is 6.54 Å². The summed E-state index contributed by atoms with van der Waals surface area (Å²) in [5.74, 6) is 1.50. The first-order chi connectivity index (χ1) is 9.85. The van der Waals surface area contributed by atoms with Crippen LogP contribution in [0.15, 0.2) is 36.5 Å². The lowest BCUT2D eigenvalue weighted by Crippen LogP contribution is -2.35. The molecule has 2 rings (SSSR count). The highest BCUT2D eigenvalue weighted by atomic mass is 16.5. The summed E-state index contributed by atoms with van der Waals surface area (Å²) in [4.78, 5) is 4.30. The molecule has 3 nitrogen and oxygen atoms in total. The van der Waals surface area contributed by atoms with Gasteiger partial charge in [-0.25, -0.2) is 4.98 Å². The Morgan fingerprint density at radius 3 is 2.62 bits per heavy atom. The third kappa shape index (κ3) is 4.57. The fourth-order valence-corrected chi connectivity index (χ4v) is 1.93. The van der Waals surface area contributed by atoms with Gasteiger partial charge in [0.2, 0.25) is 5.88 Å². The maximum absolute atomic E-state index is 5.92. The molecule has 2 aromatic rings. The smallest absolute Gasteiger partial charge is 0.219 e. The molecule has 1 heterocycles. The van der Waals surface area contributed by atoms with Gasteiger partial charge in [0.1, 0.15) is 5.75 Å². The van der Waals surface area contributed by atoms with Gasteiger partial charge in [-0.1, -0.05) is 12.1 Å². The Kier molecular flexibility index (Phi) is 4.63. The van der Waals surface area contributed by atoms with E-state index in [2.05, 4.69) is 51.0 Å². The number of pyridine rings is 1. The Balaban J connectivity index is 2.12. The van der Waals surface area contributed by atoms with Crippen molar-refractivity contribution in [3.8, 4) is 11.6 Å². The van der Waals surface area contributed by atoms with Crippen LogP contribution in [0.4, 0.5) is 0 Å². The average Bonchev–Trinajstić information content (AvgIpc) is 2.41. The van der Waals surface area contributed by atoms with Gasteiger partial charge in [0.25, 0.3) is 0 Å². The molecule has 1 aromatic carbocycles. The molecular formula is C18H24N2O. The van der Waals surface area contributed by atoms with E-state index in [1.54, 1.807) is 6.20 Å². The molecule has 0 fully saturated rings. The molecule has 0 aliphatic heterocycles. The first-order valence-corrected chi connectivity index (χ1v) is 7.29. The van der Waals surface area contributed by atoms with Gasteiger partial charge in [0, 0.05) is 24.3 Å². The summed E-state index contributed by atoms with van der Waals surface area (Å²) in [6.45, 7) is 11.4. The molecule has 21 heavy (non-hydrogen) atoms. The van der Waals surface area contributed by atoms with E-state index in [-0.39, 0.29) is 5.54 Å². The molecule has 0 unspecified atom stereocenters. The number of rotatable bonds is 4. The standard InChI is InChI=1S/C18H24N2O/c1-13-7-6-8-16(14(13)2)21-17-11-15(9-10-19-17)12-20-18(3,4)5/h6-11,20H,12H2,1-5H3. The molecule has 0 atom stereocenters. The zero-order valence-corrected chi connectivity index (χ0v) is 13.5. The number of hydrogen-bond donors (Lipinski definition) is 1. The number of aromatic nitrogens is 1. The minimum atomic E-state index is 0.0947. The van der Waals surface area contributed by atoms with Gasteiger partial charge in [-0.3, -0.25) is 0 Å². The lowest BCUT2D eigenvalue weighted by Gasteiger charge is -2.20. The summed E-state index contributed by atoms with van der Waals surface area (Å²) in [6.07, 6.45) is 1.79. The second kappa shape index (κ2) is 6.27. The fourth-order valence-electron chi connectivity index (χ4n) is 1.93.